The fraction of sp³-hybridized carbons (Fsp3) is 0.583. The van der Waals surface area contributed by atoms with Crippen molar-refractivity contribution in [2.24, 2.45) is 0 Å². The first-order valence-corrected chi connectivity index (χ1v) is 7.46. The van der Waals surface area contributed by atoms with E-state index in [0.29, 0.717) is 6.42 Å². The number of hydrogen-bond donors (Lipinski definition) is 0. The molecule has 0 bridgehead atoms. The van der Waals surface area contributed by atoms with Crippen LogP contribution in [0, 0.1) is 0 Å². The molecule has 0 amide bonds. The standard InChI is InChI=1S/C12H21NO4S/c1-4-7-8-10-18(15,16)13(9-5-2)12(6-3)17-11-14/h5-6,11-12H,2-4,7-10H2,1H3. The van der Waals surface area contributed by atoms with Crippen molar-refractivity contribution >= 4 is 16.5 Å². The van der Waals surface area contributed by atoms with Gasteiger partial charge in [0.25, 0.3) is 6.47 Å². The number of ether oxygens (including phenoxy) is 1. The highest BCUT2D eigenvalue weighted by atomic mass is 32.2. The topological polar surface area (TPSA) is 63.7 Å². The Morgan fingerprint density at radius 3 is 2.44 bits per heavy atom. The normalized spacial score (nSPS) is 13.0. The van der Waals surface area contributed by atoms with Crippen LogP contribution < -0.4 is 0 Å². The molecule has 0 rings (SSSR count). The van der Waals surface area contributed by atoms with Gasteiger partial charge in [-0.2, -0.15) is 4.31 Å². The lowest BCUT2D eigenvalue weighted by Gasteiger charge is -2.26. The molecule has 6 heteroatoms. The van der Waals surface area contributed by atoms with Crippen LogP contribution in [0.2, 0.25) is 0 Å². The second-order valence-corrected chi connectivity index (χ2v) is 5.78. The fourth-order valence-electron chi connectivity index (χ4n) is 1.45. The smallest absolute Gasteiger partial charge is 0.294 e. The highest BCUT2D eigenvalue weighted by Crippen LogP contribution is 2.12. The molecule has 1 unspecified atom stereocenters. The molecule has 0 N–H and O–H groups in total. The summed E-state index contributed by atoms with van der Waals surface area (Å²) in [5, 5.41) is 0. The lowest BCUT2D eigenvalue weighted by Crippen LogP contribution is -2.42. The van der Waals surface area contributed by atoms with Gasteiger partial charge in [0.1, 0.15) is 0 Å². The van der Waals surface area contributed by atoms with Gasteiger partial charge in [0.2, 0.25) is 10.0 Å². The zero-order chi connectivity index (χ0) is 14.0. The molecular formula is C12H21NO4S. The first kappa shape index (κ1) is 16.9. The van der Waals surface area contributed by atoms with Gasteiger partial charge < -0.3 is 4.74 Å². The van der Waals surface area contributed by atoms with Gasteiger partial charge in [-0.3, -0.25) is 4.79 Å². The molecule has 0 fully saturated rings. The molecule has 1 atom stereocenters. The number of rotatable bonds is 11. The summed E-state index contributed by atoms with van der Waals surface area (Å²) in [5.41, 5.74) is 0. The van der Waals surface area contributed by atoms with E-state index in [9.17, 15) is 13.2 Å². The Kier molecular flexibility index (Phi) is 8.32. The summed E-state index contributed by atoms with van der Waals surface area (Å²) >= 11 is 0. The molecule has 0 aliphatic heterocycles. The van der Waals surface area contributed by atoms with E-state index in [1.54, 1.807) is 0 Å². The zero-order valence-electron chi connectivity index (χ0n) is 10.7. The summed E-state index contributed by atoms with van der Waals surface area (Å²) in [6.07, 6.45) is 4.10. The molecule has 18 heavy (non-hydrogen) atoms. The van der Waals surface area contributed by atoms with Crippen LogP contribution in [0.1, 0.15) is 26.2 Å². The highest BCUT2D eigenvalue weighted by molar-refractivity contribution is 7.89. The van der Waals surface area contributed by atoms with E-state index in [4.69, 9.17) is 4.74 Å². The van der Waals surface area contributed by atoms with E-state index in [-0.39, 0.29) is 18.8 Å². The maximum absolute atomic E-state index is 12.1. The highest BCUT2D eigenvalue weighted by Gasteiger charge is 2.27. The average molecular weight is 275 g/mol. The Balaban J connectivity index is 4.88. The molecular weight excluding hydrogens is 254 g/mol. The lowest BCUT2D eigenvalue weighted by molar-refractivity contribution is -0.135. The summed E-state index contributed by atoms with van der Waals surface area (Å²) in [6.45, 7) is 9.26. The van der Waals surface area contributed by atoms with E-state index in [0.717, 1.165) is 17.1 Å². The number of carbonyl (C=O) groups is 1. The Morgan fingerprint density at radius 2 is 2.00 bits per heavy atom. The van der Waals surface area contributed by atoms with Crippen LogP contribution in [0.3, 0.4) is 0 Å². The van der Waals surface area contributed by atoms with Gasteiger partial charge in [-0.15, -0.1) is 6.58 Å². The zero-order valence-corrected chi connectivity index (χ0v) is 11.6. The predicted octanol–water partition coefficient (Wildman–Crippen LogP) is 1.68. The van der Waals surface area contributed by atoms with Gasteiger partial charge in [-0.1, -0.05) is 32.4 Å². The number of nitrogens with zero attached hydrogens (tertiary/aromatic N) is 1. The van der Waals surface area contributed by atoms with Crippen molar-refractivity contribution in [3.8, 4) is 0 Å². The molecule has 0 spiro atoms. The molecule has 0 saturated heterocycles. The van der Waals surface area contributed by atoms with Crippen molar-refractivity contribution in [2.45, 2.75) is 32.4 Å². The van der Waals surface area contributed by atoms with Gasteiger partial charge in [-0.25, -0.2) is 8.42 Å². The number of sulfonamides is 1. The van der Waals surface area contributed by atoms with Crippen LogP contribution in [0.4, 0.5) is 0 Å². The van der Waals surface area contributed by atoms with Crippen LogP contribution in [-0.2, 0) is 19.6 Å². The molecule has 5 nitrogen and oxygen atoms in total. The summed E-state index contributed by atoms with van der Waals surface area (Å²) in [7, 11) is -3.48. The van der Waals surface area contributed by atoms with Gasteiger partial charge >= 0.3 is 0 Å². The van der Waals surface area contributed by atoms with E-state index < -0.39 is 16.3 Å². The second-order valence-electron chi connectivity index (χ2n) is 3.74. The van der Waals surface area contributed by atoms with E-state index in [1.807, 2.05) is 6.92 Å². The third-order valence-corrected chi connectivity index (χ3v) is 4.23. The van der Waals surface area contributed by atoms with Crippen LogP contribution in [0.15, 0.2) is 25.3 Å². The Morgan fingerprint density at radius 1 is 1.33 bits per heavy atom. The molecule has 104 valence electrons. The predicted molar refractivity (Wildman–Crippen MR) is 71.3 cm³/mol. The minimum absolute atomic E-state index is 0.0290. The van der Waals surface area contributed by atoms with Crippen LogP contribution in [0.5, 0.6) is 0 Å². The van der Waals surface area contributed by atoms with Gasteiger partial charge in [0, 0.05) is 6.54 Å². The summed E-state index contributed by atoms with van der Waals surface area (Å²) in [4.78, 5) is 10.4. The average Bonchev–Trinajstić information content (AvgIpc) is 2.33. The minimum Gasteiger partial charge on any atom is -0.444 e. The van der Waals surface area contributed by atoms with Crippen LogP contribution in [0.25, 0.3) is 0 Å². The maximum Gasteiger partial charge on any atom is 0.294 e. The van der Waals surface area contributed by atoms with Crippen LogP contribution >= 0.6 is 0 Å². The molecule has 0 aliphatic carbocycles. The largest absolute Gasteiger partial charge is 0.444 e. The molecule has 0 aromatic heterocycles. The van der Waals surface area contributed by atoms with Crippen LogP contribution in [-0.4, -0.2) is 37.7 Å². The van der Waals surface area contributed by atoms with Crippen molar-refractivity contribution < 1.29 is 17.9 Å². The third kappa shape index (κ3) is 5.46. The number of hydrogen-bond acceptors (Lipinski definition) is 4. The van der Waals surface area contributed by atoms with E-state index in [1.165, 1.54) is 12.2 Å². The van der Waals surface area contributed by atoms with Crippen molar-refractivity contribution in [3.05, 3.63) is 25.3 Å². The monoisotopic (exact) mass is 275 g/mol. The SMILES string of the molecule is C=CCN(C(C=C)OC=O)S(=O)(=O)CCCCC. The Hall–Kier alpha value is -1.14. The maximum atomic E-state index is 12.1. The van der Waals surface area contributed by atoms with Gasteiger partial charge in [0.15, 0.2) is 6.23 Å². The first-order valence-electron chi connectivity index (χ1n) is 5.85. The first-order chi connectivity index (χ1) is 8.53. The van der Waals surface area contributed by atoms with Crippen molar-refractivity contribution in [3.63, 3.8) is 0 Å². The molecule has 0 heterocycles. The Labute approximate surface area is 109 Å². The summed E-state index contributed by atoms with van der Waals surface area (Å²) < 4.78 is 30.0. The second kappa shape index (κ2) is 8.88. The quantitative estimate of drug-likeness (QED) is 0.249. The van der Waals surface area contributed by atoms with Gasteiger partial charge in [-0.05, 0) is 12.5 Å². The molecule has 0 aromatic rings. The third-order valence-electron chi connectivity index (χ3n) is 2.35. The molecule has 0 saturated carbocycles. The fourth-order valence-corrected chi connectivity index (χ4v) is 3.04. The van der Waals surface area contributed by atoms with Crippen molar-refractivity contribution in [1.29, 1.82) is 0 Å². The molecule has 0 aromatic carbocycles. The lowest BCUT2D eigenvalue weighted by atomic mass is 10.3. The Bertz CT molecular complexity index is 364. The summed E-state index contributed by atoms with van der Waals surface area (Å²) in [5.74, 6) is 0.0290. The van der Waals surface area contributed by atoms with E-state index in [2.05, 4.69) is 13.2 Å². The van der Waals surface area contributed by atoms with E-state index >= 15 is 0 Å². The number of unbranched alkanes of at least 4 members (excludes halogenated alkanes) is 2. The number of carbonyl (C=O) groups excluding carboxylic acids is 1. The molecule has 0 aliphatic rings. The van der Waals surface area contributed by atoms with Crippen molar-refractivity contribution in [1.82, 2.24) is 4.31 Å². The minimum atomic E-state index is -3.48. The van der Waals surface area contributed by atoms with Gasteiger partial charge in [0.05, 0.1) is 5.75 Å². The molecule has 0 radical (unpaired) electrons. The van der Waals surface area contributed by atoms with Crippen molar-refractivity contribution in [2.75, 3.05) is 12.3 Å². The summed E-state index contributed by atoms with van der Waals surface area (Å²) in [6, 6.07) is 0.